The molecule has 2 nitrogen and oxygen atoms in total. The summed E-state index contributed by atoms with van der Waals surface area (Å²) in [5.74, 6) is 2.51. The van der Waals surface area contributed by atoms with Crippen LogP contribution in [0.5, 0.6) is 0 Å². The second-order valence-corrected chi connectivity index (χ2v) is 4.64. The lowest BCUT2D eigenvalue weighted by atomic mass is 9.99. The Morgan fingerprint density at radius 3 is 2.82 bits per heavy atom. The molecular weight excluding hydrogens is 158 g/mol. The predicted molar refractivity (Wildman–Crippen MR) is 45.5 cm³/mol. The monoisotopic (exact) mass is 169 g/mol. The molecule has 2 fully saturated rings. The molecule has 1 heterocycles. The first-order chi connectivity index (χ1) is 5.37. The molecule has 0 aromatic heterocycles. The highest BCUT2D eigenvalue weighted by Gasteiger charge is 2.54. The van der Waals surface area contributed by atoms with Gasteiger partial charge in [0.15, 0.2) is 0 Å². The highest BCUT2D eigenvalue weighted by Crippen LogP contribution is 2.56. The lowest BCUT2D eigenvalue weighted by molar-refractivity contribution is 0.451. The van der Waals surface area contributed by atoms with Gasteiger partial charge in [0.1, 0.15) is 0 Å². The molecule has 0 radical (unpaired) electrons. The SMILES string of the molecule is O=C=NC1CC12CCSCC2. The van der Waals surface area contributed by atoms with Crippen molar-refractivity contribution in [2.75, 3.05) is 11.5 Å². The maximum atomic E-state index is 9.98. The first-order valence-corrected chi connectivity index (χ1v) is 5.18. The van der Waals surface area contributed by atoms with E-state index in [9.17, 15) is 4.79 Å². The fraction of sp³-hybridized carbons (Fsp3) is 0.875. The Labute approximate surface area is 70.5 Å². The third-order valence-electron chi connectivity index (χ3n) is 2.84. The van der Waals surface area contributed by atoms with E-state index in [-0.39, 0.29) is 0 Å². The van der Waals surface area contributed by atoms with Crippen molar-refractivity contribution in [2.24, 2.45) is 10.4 Å². The predicted octanol–water partition coefficient (Wildman–Crippen LogP) is 1.61. The number of rotatable bonds is 1. The summed E-state index contributed by atoms with van der Waals surface area (Å²) in [6.07, 6.45) is 5.33. The van der Waals surface area contributed by atoms with Crippen LogP contribution in [-0.2, 0) is 4.79 Å². The van der Waals surface area contributed by atoms with Gasteiger partial charge in [-0.3, -0.25) is 0 Å². The molecule has 0 amide bonds. The molecule has 0 aromatic rings. The van der Waals surface area contributed by atoms with E-state index in [1.807, 2.05) is 11.8 Å². The zero-order valence-electron chi connectivity index (χ0n) is 6.38. The molecule has 1 spiro atoms. The van der Waals surface area contributed by atoms with Crippen LogP contribution in [-0.4, -0.2) is 23.6 Å². The molecule has 60 valence electrons. The zero-order valence-corrected chi connectivity index (χ0v) is 7.19. The van der Waals surface area contributed by atoms with Crippen LogP contribution in [0.3, 0.4) is 0 Å². The minimum atomic E-state index is 0.334. The van der Waals surface area contributed by atoms with E-state index in [0.29, 0.717) is 11.5 Å². The summed E-state index contributed by atoms with van der Waals surface area (Å²) in [7, 11) is 0. The van der Waals surface area contributed by atoms with Crippen LogP contribution in [0.1, 0.15) is 19.3 Å². The van der Waals surface area contributed by atoms with Gasteiger partial charge in [0, 0.05) is 0 Å². The van der Waals surface area contributed by atoms with Gasteiger partial charge in [0.05, 0.1) is 6.04 Å². The fourth-order valence-electron chi connectivity index (χ4n) is 1.89. The van der Waals surface area contributed by atoms with Crippen molar-refractivity contribution in [3.63, 3.8) is 0 Å². The molecule has 1 aliphatic heterocycles. The molecule has 0 bridgehead atoms. The van der Waals surface area contributed by atoms with Gasteiger partial charge in [0.2, 0.25) is 6.08 Å². The highest BCUT2D eigenvalue weighted by molar-refractivity contribution is 7.99. The normalized spacial score (nSPS) is 32.9. The molecule has 1 saturated heterocycles. The van der Waals surface area contributed by atoms with E-state index in [4.69, 9.17) is 0 Å². The van der Waals surface area contributed by atoms with Gasteiger partial charge in [-0.05, 0) is 36.2 Å². The van der Waals surface area contributed by atoms with E-state index in [0.717, 1.165) is 6.42 Å². The van der Waals surface area contributed by atoms with Crippen molar-refractivity contribution >= 4 is 17.8 Å². The number of nitrogens with zero attached hydrogens (tertiary/aromatic N) is 1. The molecule has 1 saturated carbocycles. The second kappa shape index (κ2) is 2.65. The smallest absolute Gasteiger partial charge is 0.211 e. The van der Waals surface area contributed by atoms with Crippen molar-refractivity contribution in [1.29, 1.82) is 0 Å². The quantitative estimate of drug-likeness (QED) is 0.441. The van der Waals surface area contributed by atoms with Gasteiger partial charge in [-0.2, -0.15) is 11.8 Å². The standard InChI is InChI=1S/C8H11NOS/c10-6-9-7-5-8(7)1-3-11-4-2-8/h7H,1-5H2. The van der Waals surface area contributed by atoms with E-state index < -0.39 is 0 Å². The average molecular weight is 169 g/mol. The van der Waals surface area contributed by atoms with Crippen LogP contribution >= 0.6 is 11.8 Å². The average Bonchev–Trinajstić information content (AvgIpc) is 2.66. The van der Waals surface area contributed by atoms with Crippen LogP contribution < -0.4 is 0 Å². The number of hydrogen-bond donors (Lipinski definition) is 0. The van der Waals surface area contributed by atoms with Crippen LogP contribution in [0, 0.1) is 5.41 Å². The van der Waals surface area contributed by atoms with E-state index in [2.05, 4.69) is 4.99 Å². The molecule has 11 heavy (non-hydrogen) atoms. The third kappa shape index (κ3) is 1.23. The maximum absolute atomic E-state index is 9.98. The van der Waals surface area contributed by atoms with Gasteiger partial charge in [-0.15, -0.1) is 0 Å². The molecule has 1 aliphatic carbocycles. The Morgan fingerprint density at radius 2 is 2.18 bits per heavy atom. The lowest BCUT2D eigenvalue weighted by Crippen LogP contribution is -2.13. The van der Waals surface area contributed by atoms with Crippen LogP contribution in [0.25, 0.3) is 0 Å². The van der Waals surface area contributed by atoms with E-state index in [1.54, 1.807) is 6.08 Å². The minimum Gasteiger partial charge on any atom is -0.211 e. The summed E-state index contributed by atoms with van der Waals surface area (Å²) < 4.78 is 0. The summed E-state index contributed by atoms with van der Waals surface area (Å²) >= 11 is 2.02. The molecular formula is C8H11NOS. The number of isocyanates is 1. The van der Waals surface area contributed by atoms with Crippen molar-refractivity contribution in [3.8, 4) is 0 Å². The van der Waals surface area contributed by atoms with Crippen molar-refractivity contribution in [2.45, 2.75) is 25.3 Å². The summed E-state index contributed by atoms with van der Waals surface area (Å²) in [4.78, 5) is 13.8. The van der Waals surface area contributed by atoms with E-state index in [1.165, 1.54) is 24.3 Å². The largest absolute Gasteiger partial charge is 0.235 e. The molecule has 2 aliphatic rings. The molecule has 1 unspecified atom stereocenters. The topological polar surface area (TPSA) is 29.4 Å². The van der Waals surface area contributed by atoms with Crippen molar-refractivity contribution in [1.82, 2.24) is 0 Å². The lowest BCUT2D eigenvalue weighted by Gasteiger charge is -2.20. The van der Waals surface area contributed by atoms with Gasteiger partial charge < -0.3 is 0 Å². The molecule has 0 aromatic carbocycles. The Morgan fingerprint density at radius 1 is 1.45 bits per heavy atom. The first-order valence-electron chi connectivity index (χ1n) is 4.02. The Hall–Kier alpha value is -0.270. The van der Waals surface area contributed by atoms with Gasteiger partial charge in [0.25, 0.3) is 0 Å². The van der Waals surface area contributed by atoms with Crippen molar-refractivity contribution in [3.05, 3.63) is 0 Å². The second-order valence-electron chi connectivity index (χ2n) is 3.42. The summed E-state index contributed by atoms with van der Waals surface area (Å²) in [5, 5.41) is 0. The number of aliphatic imine (C=N–C) groups is 1. The van der Waals surface area contributed by atoms with E-state index >= 15 is 0 Å². The van der Waals surface area contributed by atoms with Crippen LogP contribution in [0.15, 0.2) is 4.99 Å². The van der Waals surface area contributed by atoms with Crippen LogP contribution in [0.2, 0.25) is 0 Å². The minimum absolute atomic E-state index is 0.334. The zero-order chi connectivity index (χ0) is 7.73. The maximum Gasteiger partial charge on any atom is 0.235 e. The van der Waals surface area contributed by atoms with Gasteiger partial charge in [-0.25, -0.2) is 9.79 Å². The fourth-order valence-corrected chi connectivity index (χ4v) is 3.19. The summed E-state index contributed by atoms with van der Waals surface area (Å²) in [6.45, 7) is 0. The first kappa shape index (κ1) is 7.38. The van der Waals surface area contributed by atoms with Gasteiger partial charge in [-0.1, -0.05) is 0 Å². The summed E-state index contributed by atoms with van der Waals surface area (Å²) in [5.41, 5.74) is 0.447. The number of hydrogen-bond acceptors (Lipinski definition) is 3. The van der Waals surface area contributed by atoms with Gasteiger partial charge >= 0.3 is 0 Å². The number of carbonyl (C=O) groups excluding carboxylic acids is 1. The molecule has 3 heteroatoms. The highest BCUT2D eigenvalue weighted by atomic mass is 32.2. The summed E-state index contributed by atoms with van der Waals surface area (Å²) in [6, 6.07) is 0.334. The van der Waals surface area contributed by atoms with Crippen molar-refractivity contribution < 1.29 is 4.79 Å². The number of thioether (sulfide) groups is 1. The third-order valence-corrected chi connectivity index (χ3v) is 3.83. The molecule has 0 N–H and O–H groups in total. The Bertz CT molecular complexity index is 204. The Kier molecular flexibility index (Phi) is 1.78. The molecule has 2 rings (SSSR count). The van der Waals surface area contributed by atoms with Crippen LogP contribution in [0.4, 0.5) is 0 Å². The Balaban J connectivity index is 1.98. The molecule has 1 atom stereocenters.